The number of hydrogen-bond donors (Lipinski definition) is 2. The van der Waals surface area contributed by atoms with Gasteiger partial charge in [0.15, 0.2) is 5.78 Å². The van der Waals surface area contributed by atoms with Crippen molar-refractivity contribution in [2.45, 2.75) is 13.5 Å². The molecule has 2 aromatic rings. The van der Waals surface area contributed by atoms with Gasteiger partial charge in [0.1, 0.15) is 29.4 Å². The number of benzene rings is 2. The van der Waals surface area contributed by atoms with E-state index in [0.717, 1.165) is 5.56 Å². The third kappa shape index (κ3) is 3.04. The number of phenolic OH excluding ortho intramolecular Hbond substituents is 2. The van der Waals surface area contributed by atoms with Gasteiger partial charge in [0.2, 0.25) is 0 Å². The Morgan fingerprint density at radius 3 is 2.21 bits per heavy atom. The maximum atomic E-state index is 11.2. The molecule has 0 spiro atoms. The van der Waals surface area contributed by atoms with Crippen molar-refractivity contribution in [3.05, 3.63) is 53.6 Å². The molecule has 0 aromatic heterocycles. The predicted octanol–water partition coefficient (Wildman–Crippen LogP) is 2.88. The molecule has 0 saturated heterocycles. The Bertz CT molecular complexity index is 567. The van der Waals surface area contributed by atoms with E-state index in [-0.39, 0.29) is 17.1 Å². The first-order chi connectivity index (χ1) is 9.08. The Balaban J connectivity index is 2.16. The Morgan fingerprint density at radius 1 is 1.11 bits per heavy atom. The van der Waals surface area contributed by atoms with Gasteiger partial charge in [0.05, 0.1) is 0 Å². The van der Waals surface area contributed by atoms with Crippen LogP contribution < -0.4 is 4.74 Å². The van der Waals surface area contributed by atoms with E-state index >= 15 is 0 Å². The number of aromatic hydroxyl groups is 2. The highest BCUT2D eigenvalue weighted by molar-refractivity contribution is 5.99. The second-order valence-corrected chi connectivity index (χ2v) is 4.17. The molecule has 0 amide bonds. The van der Waals surface area contributed by atoms with Gasteiger partial charge in [-0.2, -0.15) is 0 Å². The van der Waals surface area contributed by atoms with Crippen molar-refractivity contribution in [3.8, 4) is 17.2 Å². The smallest absolute Gasteiger partial charge is 0.167 e. The topological polar surface area (TPSA) is 66.8 Å². The zero-order valence-corrected chi connectivity index (χ0v) is 10.5. The summed E-state index contributed by atoms with van der Waals surface area (Å²) in [6.07, 6.45) is 0. The zero-order chi connectivity index (χ0) is 13.8. The maximum Gasteiger partial charge on any atom is 0.167 e. The average Bonchev–Trinajstić information content (AvgIpc) is 2.36. The van der Waals surface area contributed by atoms with Crippen LogP contribution in [0.2, 0.25) is 0 Å². The number of carbonyl (C=O) groups is 1. The van der Waals surface area contributed by atoms with Crippen LogP contribution in [-0.2, 0) is 6.61 Å². The average molecular weight is 258 g/mol. The molecule has 4 heteroatoms. The normalized spacial score (nSPS) is 10.2. The first kappa shape index (κ1) is 13.0. The molecule has 4 nitrogen and oxygen atoms in total. The highest BCUT2D eigenvalue weighted by atomic mass is 16.5. The number of ketones is 1. The number of phenols is 2. The zero-order valence-electron chi connectivity index (χ0n) is 10.5. The van der Waals surface area contributed by atoms with E-state index in [9.17, 15) is 15.0 Å². The summed E-state index contributed by atoms with van der Waals surface area (Å²) in [4.78, 5) is 11.2. The van der Waals surface area contributed by atoms with Gasteiger partial charge in [-0.1, -0.05) is 30.3 Å². The fourth-order valence-corrected chi connectivity index (χ4v) is 1.77. The third-order valence-corrected chi connectivity index (χ3v) is 2.67. The van der Waals surface area contributed by atoms with Crippen LogP contribution in [0.4, 0.5) is 0 Å². The van der Waals surface area contributed by atoms with E-state index in [4.69, 9.17) is 4.74 Å². The van der Waals surface area contributed by atoms with Crippen molar-refractivity contribution in [1.29, 1.82) is 0 Å². The van der Waals surface area contributed by atoms with E-state index < -0.39 is 5.78 Å². The largest absolute Gasteiger partial charge is 0.507 e. The van der Waals surface area contributed by atoms with Gasteiger partial charge in [-0.3, -0.25) is 4.79 Å². The minimum Gasteiger partial charge on any atom is -0.507 e. The molecule has 0 aliphatic carbocycles. The van der Waals surface area contributed by atoms with Crippen molar-refractivity contribution < 1.29 is 19.7 Å². The van der Waals surface area contributed by atoms with E-state index in [1.165, 1.54) is 19.1 Å². The van der Waals surface area contributed by atoms with Crippen LogP contribution >= 0.6 is 0 Å². The number of carbonyl (C=O) groups excluding carboxylic acids is 1. The Morgan fingerprint density at radius 2 is 1.68 bits per heavy atom. The van der Waals surface area contributed by atoms with E-state index in [0.29, 0.717) is 12.4 Å². The molecule has 0 aliphatic rings. The molecule has 0 saturated carbocycles. The standard InChI is InChI=1S/C15H14O4/c1-10(16)15-13(17)7-12(8-14(15)18)19-9-11-5-3-2-4-6-11/h2-8,17-18H,9H2,1H3. The predicted molar refractivity (Wildman–Crippen MR) is 70.6 cm³/mol. The molecule has 0 aliphatic heterocycles. The lowest BCUT2D eigenvalue weighted by Crippen LogP contribution is -1.98. The van der Waals surface area contributed by atoms with Gasteiger partial charge in [0.25, 0.3) is 0 Å². The fourth-order valence-electron chi connectivity index (χ4n) is 1.77. The van der Waals surface area contributed by atoms with Crippen LogP contribution in [0.25, 0.3) is 0 Å². The molecular weight excluding hydrogens is 244 g/mol. The summed E-state index contributed by atoms with van der Waals surface area (Å²) in [7, 11) is 0. The molecule has 0 radical (unpaired) electrons. The van der Waals surface area contributed by atoms with Gasteiger partial charge in [-0.05, 0) is 12.5 Å². The highest BCUT2D eigenvalue weighted by Crippen LogP contribution is 2.33. The molecule has 0 heterocycles. The van der Waals surface area contributed by atoms with Crippen molar-refractivity contribution in [2.24, 2.45) is 0 Å². The summed E-state index contributed by atoms with van der Waals surface area (Å²) in [5.41, 5.74) is 0.879. The molecule has 98 valence electrons. The van der Waals surface area contributed by atoms with Gasteiger partial charge in [-0.25, -0.2) is 0 Å². The van der Waals surface area contributed by atoms with E-state index in [1.54, 1.807) is 0 Å². The molecule has 2 aromatic carbocycles. The van der Waals surface area contributed by atoms with E-state index in [2.05, 4.69) is 0 Å². The van der Waals surface area contributed by atoms with Crippen molar-refractivity contribution in [3.63, 3.8) is 0 Å². The Kier molecular flexibility index (Phi) is 3.71. The summed E-state index contributed by atoms with van der Waals surface area (Å²) >= 11 is 0. The summed E-state index contributed by atoms with van der Waals surface area (Å²) in [5.74, 6) is -0.653. The number of ether oxygens (including phenoxy) is 1. The first-order valence-electron chi connectivity index (χ1n) is 5.81. The van der Waals surface area contributed by atoms with Crippen molar-refractivity contribution in [2.75, 3.05) is 0 Å². The van der Waals surface area contributed by atoms with Crippen LogP contribution in [0.1, 0.15) is 22.8 Å². The summed E-state index contributed by atoms with van der Waals surface area (Å²) < 4.78 is 5.46. The lowest BCUT2D eigenvalue weighted by Gasteiger charge is -2.10. The summed E-state index contributed by atoms with van der Waals surface area (Å²) in [5, 5.41) is 19.4. The molecular formula is C15H14O4. The number of Topliss-reactive ketones (excluding diaryl/α,β-unsaturated/α-hetero) is 1. The quantitative estimate of drug-likeness (QED) is 0.827. The minimum atomic E-state index is -0.399. The molecule has 0 unspecified atom stereocenters. The summed E-state index contributed by atoms with van der Waals surface area (Å²) in [6.45, 7) is 1.60. The van der Waals surface area contributed by atoms with Crippen LogP contribution in [0.5, 0.6) is 17.2 Å². The van der Waals surface area contributed by atoms with Gasteiger partial charge < -0.3 is 14.9 Å². The second-order valence-electron chi connectivity index (χ2n) is 4.17. The minimum absolute atomic E-state index is 0.0907. The van der Waals surface area contributed by atoms with Crippen LogP contribution in [0, 0.1) is 0 Å². The Labute approximate surface area is 110 Å². The lowest BCUT2D eigenvalue weighted by molar-refractivity contribution is 0.101. The van der Waals surface area contributed by atoms with Crippen LogP contribution in [0.15, 0.2) is 42.5 Å². The highest BCUT2D eigenvalue weighted by Gasteiger charge is 2.14. The third-order valence-electron chi connectivity index (χ3n) is 2.67. The molecule has 0 atom stereocenters. The molecule has 2 N–H and O–H groups in total. The van der Waals surface area contributed by atoms with Gasteiger partial charge in [0, 0.05) is 12.1 Å². The van der Waals surface area contributed by atoms with Gasteiger partial charge >= 0.3 is 0 Å². The maximum absolute atomic E-state index is 11.2. The van der Waals surface area contributed by atoms with Crippen LogP contribution in [0.3, 0.4) is 0 Å². The summed E-state index contributed by atoms with van der Waals surface area (Å²) in [6, 6.07) is 12.1. The number of rotatable bonds is 4. The van der Waals surface area contributed by atoms with Crippen molar-refractivity contribution in [1.82, 2.24) is 0 Å². The molecule has 0 bridgehead atoms. The Hall–Kier alpha value is -2.49. The molecule has 19 heavy (non-hydrogen) atoms. The molecule has 0 fully saturated rings. The lowest BCUT2D eigenvalue weighted by atomic mass is 10.1. The molecule has 2 rings (SSSR count). The van der Waals surface area contributed by atoms with Crippen LogP contribution in [-0.4, -0.2) is 16.0 Å². The van der Waals surface area contributed by atoms with Gasteiger partial charge in [-0.15, -0.1) is 0 Å². The fraction of sp³-hybridized carbons (Fsp3) is 0.133. The van der Waals surface area contributed by atoms with E-state index in [1.807, 2.05) is 30.3 Å². The first-order valence-corrected chi connectivity index (χ1v) is 5.81. The number of hydrogen-bond acceptors (Lipinski definition) is 4. The monoisotopic (exact) mass is 258 g/mol. The van der Waals surface area contributed by atoms with Crippen molar-refractivity contribution >= 4 is 5.78 Å². The second kappa shape index (κ2) is 5.44. The SMILES string of the molecule is CC(=O)c1c(O)cc(OCc2ccccc2)cc1O.